The van der Waals surface area contributed by atoms with Crippen LogP contribution in [0.15, 0.2) is 36.8 Å². The van der Waals surface area contributed by atoms with E-state index < -0.39 is 0 Å². The highest BCUT2D eigenvalue weighted by atomic mass is 16.5. The second-order valence-corrected chi connectivity index (χ2v) is 8.59. The minimum Gasteiger partial charge on any atom is -0.383 e. The molecule has 0 spiro atoms. The van der Waals surface area contributed by atoms with E-state index in [0.717, 1.165) is 60.9 Å². The van der Waals surface area contributed by atoms with Crippen LogP contribution in [0.4, 0.5) is 5.82 Å². The van der Waals surface area contributed by atoms with E-state index in [0.29, 0.717) is 36.7 Å². The predicted octanol–water partition coefficient (Wildman–Crippen LogP) is 2.07. The van der Waals surface area contributed by atoms with E-state index in [1.165, 1.54) is 6.33 Å². The van der Waals surface area contributed by atoms with Crippen molar-refractivity contribution in [3.05, 3.63) is 53.5 Å². The summed E-state index contributed by atoms with van der Waals surface area (Å²) in [6, 6.07) is 7.69. The third-order valence-corrected chi connectivity index (χ3v) is 6.03. The van der Waals surface area contributed by atoms with Crippen molar-refractivity contribution >= 4 is 22.8 Å². The average Bonchev–Trinajstić information content (AvgIpc) is 3.58. The number of aromatic nitrogens is 3. The van der Waals surface area contributed by atoms with Crippen molar-refractivity contribution in [2.45, 2.75) is 44.4 Å². The zero-order valence-electron chi connectivity index (χ0n) is 18.5. The van der Waals surface area contributed by atoms with Gasteiger partial charge in [0.05, 0.1) is 23.7 Å². The first kappa shape index (κ1) is 21.4. The molecule has 0 bridgehead atoms. The van der Waals surface area contributed by atoms with Gasteiger partial charge in [0.25, 0.3) is 5.91 Å². The van der Waals surface area contributed by atoms with E-state index in [1.807, 2.05) is 35.0 Å². The van der Waals surface area contributed by atoms with E-state index in [2.05, 4.69) is 32.4 Å². The number of amides is 1. The van der Waals surface area contributed by atoms with Gasteiger partial charge in [-0.1, -0.05) is 17.9 Å². The molecule has 8 heteroatoms. The molecule has 5 rings (SSSR count). The Morgan fingerprint density at radius 1 is 1.21 bits per heavy atom. The maximum absolute atomic E-state index is 12.3. The van der Waals surface area contributed by atoms with Crippen molar-refractivity contribution in [1.82, 2.24) is 25.2 Å². The summed E-state index contributed by atoms with van der Waals surface area (Å²) in [5, 5.41) is 7.11. The highest BCUT2D eigenvalue weighted by Crippen LogP contribution is 2.23. The van der Waals surface area contributed by atoms with Crippen LogP contribution < -0.4 is 16.4 Å². The first-order valence-electron chi connectivity index (χ1n) is 11.5. The highest BCUT2D eigenvalue weighted by molar-refractivity contribution is 5.95. The Balaban J connectivity index is 1.35. The van der Waals surface area contributed by atoms with Crippen LogP contribution >= 0.6 is 0 Å². The molecule has 0 radical (unpaired) electrons. The Morgan fingerprint density at radius 2 is 2.06 bits per heavy atom. The van der Waals surface area contributed by atoms with Crippen LogP contribution in [0.5, 0.6) is 0 Å². The van der Waals surface area contributed by atoms with E-state index in [9.17, 15) is 4.79 Å². The zero-order valence-corrected chi connectivity index (χ0v) is 18.5. The second-order valence-electron chi connectivity index (χ2n) is 8.59. The summed E-state index contributed by atoms with van der Waals surface area (Å²) in [4.78, 5) is 20.9. The van der Waals surface area contributed by atoms with Crippen LogP contribution in [0.2, 0.25) is 0 Å². The maximum Gasteiger partial charge on any atom is 0.251 e. The zero-order chi connectivity index (χ0) is 22.6. The molecule has 2 aromatic heterocycles. The fourth-order valence-corrected chi connectivity index (χ4v) is 4.07. The number of rotatable bonds is 6. The molecule has 1 saturated heterocycles. The first-order chi connectivity index (χ1) is 16.2. The summed E-state index contributed by atoms with van der Waals surface area (Å²) in [5.41, 5.74) is 9.07. The van der Waals surface area contributed by atoms with Gasteiger partial charge in [0.1, 0.15) is 17.8 Å². The highest BCUT2D eigenvalue weighted by Gasteiger charge is 2.23. The molecule has 4 N–H and O–H groups in total. The molecule has 1 aliphatic heterocycles. The van der Waals surface area contributed by atoms with Gasteiger partial charge in [0, 0.05) is 29.9 Å². The molecular weight excluding hydrogens is 416 g/mol. The van der Waals surface area contributed by atoms with Gasteiger partial charge in [-0.2, -0.15) is 0 Å². The lowest BCUT2D eigenvalue weighted by molar-refractivity contribution is 0.0288. The number of carbonyl (C=O) groups excluding carboxylic acids is 1. The largest absolute Gasteiger partial charge is 0.383 e. The van der Waals surface area contributed by atoms with Gasteiger partial charge >= 0.3 is 0 Å². The number of fused-ring (bicyclic) bond motifs is 1. The molecule has 1 saturated carbocycles. The van der Waals surface area contributed by atoms with Gasteiger partial charge in [0.15, 0.2) is 0 Å². The number of nitrogen functional groups attached to an aromatic ring is 1. The van der Waals surface area contributed by atoms with Crippen LogP contribution in [0.3, 0.4) is 0 Å². The number of nitrogens with zero attached hydrogens (tertiary/aromatic N) is 3. The van der Waals surface area contributed by atoms with Crippen LogP contribution in [0.1, 0.15) is 47.2 Å². The molecule has 1 amide bonds. The van der Waals surface area contributed by atoms with Gasteiger partial charge in [-0.3, -0.25) is 4.79 Å². The second kappa shape index (κ2) is 9.61. The standard InChI is InChI=1S/C25H28N6O2/c26-23-22-19(5-4-17-2-1-3-18(14-17)25(32)30-20-6-7-20)15-31(24(22)29-16-28-23)12-13-33-21-8-10-27-11-9-21/h1-3,14-16,20-21,27H,6-13H2,(H,30,32)(H2,26,28,29). The van der Waals surface area contributed by atoms with Crippen molar-refractivity contribution < 1.29 is 9.53 Å². The number of piperidine rings is 1. The number of nitrogens with one attached hydrogen (secondary N) is 2. The fourth-order valence-electron chi connectivity index (χ4n) is 4.07. The van der Waals surface area contributed by atoms with Gasteiger partial charge in [0.2, 0.25) is 0 Å². The minimum absolute atomic E-state index is 0.0517. The Kier molecular flexibility index (Phi) is 6.24. The van der Waals surface area contributed by atoms with E-state index in [-0.39, 0.29) is 5.91 Å². The Hall–Kier alpha value is -3.41. The summed E-state index contributed by atoms with van der Waals surface area (Å²) < 4.78 is 8.09. The molecule has 8 nitrogen and oxygen atoms in total. The molecule has 2 aliphatic rings. The van der Waals surface area contributed by atoms with Gasteiger partial charge in [-0.25, -0.2) is 9.97 Å². The van der Waals surface area contributed by atoms with Crippen LogP contribution in [-0.2, 0) is 11.3 Å². The molecule has 0 unspecified atom stereocenters. The Bertz CT molecular complexity index is 1210. The summed E-state index contributed by atoms with van der Waals surface area (Å²) >= 11 is 0. The van der Waals surface area contributed by atoms with Crippen molar-refractivity contribution in [2.75, 3.05) is 25.4 Å². The maximum atomic E-state index is 12.3. The lowest BCUT2D eigenvalue weighted by atomic mass is 10.1. The smallest absolute Gasteiger partial charge is 0.251 e. The van der Waals surface area contributed by atoms with Gasteiger partial charge < -0.3 is 25.7 Å². The third-order valence-electron chi connectivity index (χ3n) is 6.03. The summed E-state index contributed by atoms with van der Waals surface area (Å²) in [6.45, 7) is 3.27. The minimum atomic E-state index is -0.0517. The van der Waals surface area contributed by atoms with Gasteiger partial charge in [-0.15, -0.1) is 0 Å². The number of nitrogens with two attached hydrogens (primary N) is 1. The quantitative estimate of drug-likeness (QED) is 0.503. The SMILES string of the molecule is Nc1ncnc2c1c(C#Cc1cccc(C(=O)NC3CC3)c1)cn2CCOC1CCNCC1. The molecule has 0 atom stereocenters. The predicted molar refractivity (Wildman–Crippen MR) is 127 cm³/mol. The molecule has 3 aromatic rings. The Morgan fingerprint density at radius 3 is 2.88 bits per heavy atom. The van der Waals surface area contributed by atoms with Crippen LogP contribution in [0, 0.1) is 11.8 Å². The molecule has 33 heavy (non-hydrogen) atoms. The lowest BCUT2D eigenvalue weighted by Gasteiger charge is -2.23. The number of hydrogen-bond donors (Lipinski definition) is 3. The molecule has 1 aromatic carbocycles. The van der Waals surface area contributed by atoms with E-state index in [1.54, 1.807) is 0 Å². The first-order valence-corrected chi connectivity index (χ1v) is 11.5. The normalized spacial score (nSPS) is 16.4. The van der Waals surface area contributed by atoms with Crippen LogP contribution in [-0.4, -0.2) is 52.3 Å². The fraction of sp³-hybridized carbons (Fsp3) is 0.400. The van der Waals surface area contributed by atoms with E-state index >= 15 is 0 Å². The third kappa shape index (κ3) is 5.16. The monoisotopic (exact) mass is 444 g/mol. The van der Waals surface area contributed by atoms with Crippen LogP contribution in [0.25, 0.3) is 11.0 Å². The molecule has 2 fully saturated rings. The molecule has 3 heterocycles. The number of ether oxygens (including phenoxy) is 1. The molecule has 170 valence electrons. The number of anilines is 1. The number of hydrogen-bond acceptors (Lipinski definition) is 6. The lowest BCUT2D eigenvalue weighted by Crippen LogP contribution is -2.33. The topological polar surface area (TPSA) is 107 Å². The van der Waals surface area contributed by atoms with Crippen molar-refractivity contribution in [2.24, 2.45) is 0 Å². The molecule has 1 aliphatic carbocycles. The van der Waals surface area contributed by atoms with Crippen molar-refractivity contribution in [3.8, 4) is 11.8 Å². The van der Waals surface area contributed by atoms with Crippen molar-refractivity contribution in [1.29, 1.82) is 0 Å². The van der Waals surface area contributed by atoms with Crippen molar-refractivity contribution in [3.63, 3.8) is 0 Å². The summed E-state index contributed by atoms with van der Waals surface area (Å²) in [6.07, 6.45) is 7.92. The molecular formula is C25H28N6O2. The summed E-state index contributed by atoms with van der Waals surface area (Å²) in [7, 11) is 0. The number of carbonyl (C=O) groups is 1. The average molecular weight is 445 g/mol. The Labute approximate surface area is 192 Å². The van der Waals surface area contributed by atoms with E-state index in [4.69, 9.17) is 10.5 Å². The summed E-state index contributed by atoms with van der Waals surface area (Å²) in [5.74, 6) is 6.74. The number of benzene rings is 1. The van der Waals surface area contributed by atoms with Gasteiger partial charge in [-0.05, 0) is 57.0 Å².